The lowest BCUT2D eigenvalue weighted by atomic mass is 10.0. The molecule has 0 amide bonds. The van der Waals surface area contributed by atoms with Gasteiger partial charge in [0.05, 0.1) is 24.2 Å². The first-order chi connectivity index (χ1) is 14.7. The number of imidazole rings is 1. The van der Waals surface area contributed by atoms with Crippen molar-refractivity contribution in [3.8, 4) is 5.82 Å². The molecule has 10 heteroatoms. The van der Waals surface area contributed by atoms with Gasteiger partial charge >= 0.3 is 0 Å². The molecule has 3 aromatic rings. The minimum Gasteiger partial charge on any atom is -0.378 e. The van der Waals surface area contributed by atoms with Crippen molar-refractivity contribution >= 4 is 22.8 Å². The van der Waals surface area contributed by atoms with Crippen LogP contribution in [0.15, 0.2) is 30.3 Å². The Kier molecular flexibility index (Phi) is 5.17. The molecule has 2 aromatic heterocycles. The number of para-hydroxylation sites is 2. The summed E-state index contributed by atoms with van der Waals surface area (Å²) >= 11 is 0. The van der Waals surface area contributed by atoms with Crippen molar-refractivity contribution in [2.75, 3.05) is 56.2 Å². The largest absolute Gasteiger partial charge is 0.378 e. The van der Waals surface area contributed by atoms with E-state index in [0.717, 1.165) is 19.6 Å². The average Bonchev–Trinajstić information content (AvgIpc) is 3.13. The van der Waals surface area contributed by atoms with Crippen molar-refractivity contribution < 1.29 is 13.5 Å². The maximum Gasteiger partial charge on any atom is 0.296 e. The normalized spacial score (nSPS) is 17.5. The molecule has 1 aromatic carbocycles. The van der Waals surface area contributed by atoms with Gasteiger partial charge in [-0.15, -0.1) is 0 Å². The first-order valence-corrected chi connectivity index (χ1v) is 10.1. The lowest BCUT2D eigenvalue weighted by Gasteiger charge is -2.29. The number of morpholine rings is 1. The van der Waals surface area contributed by atoms with Crippen molar-refractivity contribution in [2.45, 2.75) is 6.43 Å². The Morgan fingerprint density at radius 2 is 1.87 bits per heavy atom. The van der Waals surface area contributed by atoms with Gasteiger partial charge in [-0.05, 0) is 12.1 Å². The molecule has 0 radical (unpaired) electrons. The van der Waals surface area contributed by atoms with E-state index < -0.39 is 6.43 Å². The molecule has 0 aliphatic carbocycles. The maximum atomic E-state index is 13.8. The number of anilines is 2. The van der Waals surface area contributed by atoms with Gasteiger partial charge in [0.15, 0.2) is 5.82 Å². The molecule has 0 atom stereocenters. The molecule has 0 bridgehead atoms. The molecule has 0 saturated carbocycles. The molecule has 0 unspecified atom stereocenters. The van der Waals surface area contributed by atoms with Gasteiger partial charge in [0.1, 0.15) is 11.6 Å². The number of nitrogens with zero attached hydrogens (tertiary/aromatic N) is 5. The first kappa shape index (κ1) is 19.1. The predicted octanol–water partition coefficient (Wildman–Crippen LogP) is 2.22. The van der Waals surface area contributed by atoms with Gasteiger partial charge in [-0.1, -0.05) is 12.1 Å². The second-order valence-corrected chi connectivity index (χ2v) is 7.51. The lowest BCUT2D eigenvalue weighted by molar-refractivity contribution is 0.122. The number of fused-ring (bicyclic) bond motifs is 1. The molecule has 2 aliphatic rings. The second-order valence-electron chi connectivity index (χ2n) is 7.51. The zero-order valence-electron chi connectivity index (χ0n) is 16.4. The third-order valence-corrected chi connectivity index (χ3v) is 5.46. The first-order valence-electron chi connectivity index (χ1n) is 10.1. The minimum absolute atomic E-state index is 0.322. The summed E-state index contributed by atoms with van der Waals surface area (Å²) in [6.07, 6.45) is -2.73. The highest BCUT2D eigenvalue weighted by molar-refractivity contribution is 5.78. The molecule has 2 aliphatic heterocycles. The fourth-order valence-corrected chi connectivity index (χ4v) is 3.73. The maximum absolute atomic E-state index is 13.8. The lowest BCUT2D eigenvalue weighted by Crippen LogP contribution is -2.45. The number of rotatable bonds is 6. The summed E-state index contributed by atoms with van der Waals surface area (Å²) in [5.41, 5.74) is 1.10. The fourth-order valence-electron chi connectivity index (χ4n) is 3.73. The highest BCUT2D eigenvalue weighted by Gasteiger charge is 2.24. The molecule has 0 spiro atoms. The molecule has 8 nitrogen and oxygen atoms in total. The summed E-state index contributed by atoms with van der Waals surface area (Å²) in [7, 11) is 0. The van der Waals surface area contributed by atoms with Crippen LogP contribution in [-0.2, 0) is 4.74 Å². The Labute approximate surface area is 172 Å². The number of aromatic nitrogens is 4. The van der Waals surface area contributed by atoms with Gasteiger partial charge in [-0.3, -0.25) is 4.57 Å². The predicted molar refractivity (Wildman–Crippen MR) is 109 cm³/mol. The number of benzene rings is 1. The quantitative estimate of drug-likeness (QED) is 0.639. The molecular formula is C20H23F2N7O. The van der Waals surface area contributed by atoms with Gasteiger partial charge in [-0.2, -0.15) is 9.97 Å². The van der Waals surface area contributed by atoms with Crippen LogP contribution in [0.25, 0.3) is 16.9 Å². The topological polar surface area (TPSA) is 80.1 Å². The van der Waals surface area contributed by atoms with Crippen LogP contribution in [0.1, 0.15) is 12.2 Å². The van der Waals surface area contributed by atoms with E-state index in [1.165, 1.54) is 4.57 Å². The summed E-state index contributed by atoms with van der Waals surface area (Å²) < 4.78 is 34.5. The number of halogens is 2. The number of nitrogens with one attached hydrogen (secondary N) is 2. The number of hydrogen-bond acceptors (Lipinski definition) is 7. The Morgan fingerprint density at radius 3 is 2.60 bits per heavy atom. The Bertz CT molecular complexity index is 1030. The van der Waals surface area contributed by atoms with E-state index in [9.17, 15) is 8.78 Å². The molecule has 30 heavy (non-hydrogen) atoms. The molecule has 158 valence electrons. The van der Waals surface area contributed by atoms with Crippen molar-refractivity contribution in [1.29, 1.82) is 0 Å². The van der Waals surface area contributed by atoms with Crippen LogP contribution in [-0.4, -0.2) is 65.5 Å². The Balaban J connectivity index is 1.59. The molecule has 5 rings (SSSR count). The molecule has 2 saturated heterocycles. The standard InChI is InChI=1S/C20H23F2N7O/c21-18(22)19-25-14-3-1-2-4-15(14)29(19)17-9-16(28-5-7-30-8-6-28)26-20(27-17)24-12-13-10-23-11-13/h1-4,9,13,18,23H,5-8,10-12H2,(H,24,26,27). The number of hydrogen-bond donors (Lipinski definition) is 2. The number of alkyl halides is 2. The van der Waals surface area contributed by atoms with Crippen LogP contribution in [0, 0.1) is 5.92 Å². The van der Waals surface area contributed by atoms with Crippen LogP contribution in [0.4, 0.5) is 20.5 Å². The highest BCUT2D eigenvalue weighted by Crippen LogP contribution is 2.29. The van der Waals surface area contributed by atoms with E-state index in [2.05, 4.69) is 30.5 Å². The van der Waals surface area contributed by atoms with E-state index in [1.54, 1.807) is 24.3 Å². The van der Waals surface area contributed by atoms with Crippen LogP contribution >= 0.6 is 0 Å². The van der Waals surface area contributed by atoms with Crippen LogP contribution in [0.5, 0.6) is 0 Å². The van der Waals surface area contributed by atoms with Gasteiger partial charge < -0.3 is 20.3 Å². The van der Waals surface area contributed by atoms with Crippen molar-refractivity contribution in [2.24, 2.45) is 5.92 Å². The smallest absolute Gasteiger partial charge is 0.296 e. The number of ether oxygens (including phenoxy) is 1. The minimum atomic E-state index is -2.73. The van der Waals surface area contributed by atoms with Crippen LogP contribution < -0.4 is 15.5 Å². The summed E-state index contributed by atoms with van der Waals surface area (Å²) in [6.45, 7) is 5.21. The van der Waals surface area contributed by atoms with Crippen LogP contribution in [0.3, 0.4) is 0 Å². The van der Waals surface area contributed by atoms with E-state index in [-0.39, 0.29) is 5.82 Å². The molecule has 2 fully saturated rings. The Hall–Kier alpha value is -2.85. The second kappa shape index (κ2) is 8.11. The average molecular weight is 415 g/mol. The zero-order chi connectivity index (χ0) is 20.5. The third-order valence-electron chi connectivity index (χ3n) is 5.46. The molecule has 4 heterocycles. The third kappa shape index (κ3) is 3.68. The van der Waals surface area contributed by atoms with Gasteiger partial charge in [0, 0.05) is 44.7 Å². The van der Waals surface area contributed by atoms with E-state index in [0.29, 0.717) is 60.8 Å². The van der Waals surface area contributed by atoms with Crippen molar-refractivity contribution in [3.63, 3.8) is 0 Å². The summed E-state index contributed by atoms with van der Waals surface area (Å²) in [6, 6.07) is 8.85. The Morgan fingerprint density at radius 1 is 1.10 bits per heavy atom. The van der Waals surface area contributed by atoms with Gasteiger partial charge in [-0.25, -0.2) is 13.8 Å². The highest BCUT2D eigenvalue weighted by atomic mass is 19.3. The van der Waals surface area contributed by atoms with Gasteiger partial charge in [0.2, 0.25) is 5.95 Å². The van der Waals surface area contributed by atoms with E-state index >= 15 is 0 Å². The fraction of sp³-hybridized carbons (Fsp3) is 0.450. The summed E-state index contributed by atoms with van der Waals surface area (Å²) in [5, 5.41) is 6.52. The summed E-state index contributed by atoms with van der Waals surface area (Å²) in [4.78, 5) is 15.5. The summed E-state index contributed by atoms with van der Waals surface area (Å²) in [5.74, 6) is 1.69. The zero-order valence-corrected chi connectivity index (χ0v) is 16.4. The van der Waals surface area contributed by atoms with Gasteiger partial charge in [0.25, 0.3) is 6.43 Å². The van der Waals surface area contributed by atoms with E-state index in [1.807, 2.05) is 6.07 Å². The molecular weight excluding hydrogens is 392 g/mol. The molecule has 2 N–H and O–H groups in total. The van der Waals surface area contributed by atoms with Crippen LogP contribution in [0.2, 0.25) is 0 Å². The van der Waals surface area contributed by atoms with Crippen molar-refractivity contribution in [1.82, 2.24) is 24.8 Å². The monoisotopic (exact) mass is 415 g/mol. The van der Waals surface area contributed by atoms with E-state index in [4.69, 9.17) is 4.74 Å². The van der Waals surface area contributed by atoms with Crippen molar-refractivity contribution in [3.05, 3.63) is 36.2 Å². The SMILES string of the molecule is FC(F)c1nc2ccccc2n1-c1cc(N2CCOCC2)nc(NCC2CNC2)n1.